The molecule has 2 aromatic carbocycles. The van der Waals surface area contributed by atoms with E-state index in [0.29, 0.717) is 24.3 Å². The smallest absolute Gasteiger partial charge is 0.215 e. The summed E-state index contributed by atoms with van der Waals surface area (Å²) < 4.78 is 5.68. The number of nitriles is 1. The van der Waals surface area contributed by atoms with Gasteiger partial charge in [-0.15, -0.1) is 0 Å². The van der Waals surface area contributed by atoms with Crippen molar-refractivity contribution >= 4 is 11.5 Å². The van der Waals surface area contributed by atoms with Crippen molar-refractivity contribution in [2.75, 3.05) is 31.1 Å². The van der Waals surface area contributed by atoms with Crippen LogP contribution >= 0.6 is 0 Å². The minimum atomic E-state index is -0.0317. The van der Waals surface area contributed by atoms with Gasteiger partial charge in [-0.3, -0.25) is 9.69 Å². The summed E-state index contributed by atoms with van der Waals surface area (Å²) in [5.74, 6) is 0.916. The van der Waals surface area contributed by atoms with Crippen LogP contribution < -0.4 is 4.90 Å². The van der Waals surface area contributed by atoms with Crippen molar-refractivity contribution in [1.29, 1.82) is 5.26 Å². The Kier molecular flexibility index (Phi) is 6.98. The number of carbonyl (C=O) groups excluding carboxylic acids is 1. The van der Waals surface area contributed by atoms with Gasteiger partial charge in [-0.25, -0.2) is 4.98 Å². The van der Waals surface area contributed by atoms with Crippen LogP contribution in [0.15, 0.2) is 65.4 Å². The molecule has 6 heteroatoms. The van der Waals surface area contributed by atoms with Crippen molar-refractivity contribution in [1.82, 2.24) is 9.88 Å². The second-order valence-corrected chi connectivity index (χ2v) is 8.14. The monoisotopic (exact) mass is 428 g/mol. The molecular weight excluding hydrogens is 400 g/mol. The highest BCUT2D eigenvalue weighted by Crippen LogP contribution is 2.30. The maximum atomic E-state index is 12.0. The largest absolute Gasteiger partial charge is 0.447 e. The molecule has 4 rings (SSSR count). The lowest BCUT2D eigenvalue weighted by molar-refractivity contribution is -0.118. The summed E-state index contributed by atoms with van der Waals surface area (Å²) in [6.07, 6.45) is 5.13. The lowest BCUT2D eigenvalue weighted by atomic mass is 10.0. The SMILES string of the molecule is CCCC(=O)Cc1ccc(N2CCN(C(c3ccccc3)c3ncco3)CC2)c(C#N)c1. The third-order valence-electron chi connectivity index (χ3n) is 5.93. The van der Waals surface area contributed by atoms with Crippen molar-refractivity contribution in [3.05, 3.63) is 83.6 Å². The van der Waals surface area contributed by atoms with Crippen LogP contribution in [0.4, 0.5) is 5.69 Å². The summed E-state index contributed by atoms with van der Waals surface area (Å²) in [5.41, 5.74) is 3.64. The highest BCUT2D eigenvalue weighted by Gasteiger charge is 2.29. The Hall–Kier alpha value is -3.43. The highest BCUT2D eigenvalue weighted by atomic mass is 16.3. The highest BCUT2D eigenvalue weighted by molar-refractivity contribution is 5.81. The molecule has 0 aliphatic carbocycles. The summed E-state index contributed by atoms with van der Waals surface area (Å²) in [4.78, 5) is 21.1. The fourth-order valence-electron chi connectivity index (χ4n) is 4.39. The number of benzene rings is 2. The third-order valence-corrected chi connectivity index (χ3v) is 5.93. The molecule has 1 saturated heterocycles. The van der Waals surface area contributed by atoms with E-state index in [1.807, 2.05) is 43.3 Å². The van der Waals surface area contributed by atoms with Gasteiger partial charge in [0.15, 0.2) is 0 Å². The molecule has 1 aliphatic heterocycles. The van der Waals surface area contributed by atoms with Gasteiger partial charge in [0.1, 0.15) is 24.2 Å². The van der Waals surface area contributed by atoms with Crippen LogP contribution in [0.25, 0.3) is 0 Å². The first-order valence-corrected chi connectivity index (χ1v) is 11.2. The second kappa shape index (κ2) is 10.3. The minimum absolute atomic E-state index is 0.0317. The van der Waals surface area contributed by atoms with E-state index in [1.165, 1.54) is 0 Å². The quantitative estimate of drug-likeness (QED) is 0.530. The second-order valence-electron chi connectivity index (χ2n) is 8.14. The average Bonchev–Trinajstić information content (AvgIpc) is 3.35. The van der Waals surface area contributed by atoms with Crippen LogP contribution in [0.2, 0.25) is 0 Å². The standard InChI is InChI=1S/C26H28N4O2/c1-2-6-23(31)18-20-9-10-24(22(17-20)19-27)29-12-14-30(15-13-29)25(26-28-11-16-32-26)21-7-4-3-5-8-21/h3-5,7-11,16-17,25H,2,6,12-15,18H2,1H3. The molecule has 1 atom stereocenters. The summed E-state index contributed by atoms with van der Waals surface area (Å²) >= 11 is 0. The Balaban J connectivity index is 1.48. The van der Waals surface area contributed by atoms with E-state index in [-0.39, 0.29) is 11.8 Å². The topological polar surface area (TPSA) is 73.4 Å². The Morgan fingerprint density at radius 2 is 1.94 bits per heavy atom. The normalized spacial score (nSPS) is 15.3. The van der Waals surface area contributed by atoms with Gasteiger partial charge in [0, 0.05) is 39.0 Å². The first-order chi connectivity index (χ1) is 15.7. The molecule has 0 bridgehead atoms. The Bertz CT molecular complexity index is 1060. The molecule has 0 amide bonds. The molecule has 1 aliphatic rings. The molecular formula is C26H28N4O2. The van der Waals surface area contributed by atoms with Gasteiger partial charge in [0.2, 0.25) is 5.89 Å². The van der Waals surface area contributed by atoms with Gasteiger partial charge in [-0.2, -0.15) is 5.26 Å². The van der Waals surface area contributed by atoms with Crippen LogP contribution in [0.5, 0.6) is 0 Å². The number of piperazine rings is 1. The molecule has 0 N–H and O–H groups in total. The predicted molar refractivity (Wildman–Crippen MR) is 123 cm³/mol. The molecule has 0 radical (unpaired) electrons. The molecule has 6 nitrogen and oxygen atoms in total. The maximum Gasteiger partial charge on any atom is 0.215 e. The Morgan fingerprint density at radius 3 is 2.59 bits per heavy atom. The van der Waals surface area contributed by atoms with Crippen LogP contribution in [-0.2, 0) is 11.2 Å². The van der Waals surface area contributed by atoms with E-state index >= 15 is 0 Å². The maximum absolute atomic E-state index is 12.0. The van der Waals surface area contributed by atoms with Gasteiger partial charge in [-0.1, -0.05) is 43.3 Å². The lowest BCUT2D eigenvalue weighted by Gasteiger charge is -2.39. The summed E-state index contributed by atoms with van der Waals surface area (Å²) in [5, 5.41) is 9.73. The Labute approximate surface area is 189 Å². The lowest BCUT2D eigenvalue weighted by Crippen LogP contribution is -2.48. The molecule has 32 heavy (non-hydrogen) atoms. The van der Waals surface area contributed by atoms with E-state index in [4.69, 9.17) is 4.42 Å². The first kappa shape index (κ1) is 21.8. The molecule has 0 saturated carbocycles. The molecule has 2 heterocycles. The number of carbonyl (C=O) groups is 1. The average molecular weight is 429 g/mol. The van der Waals surface area contributed by atoms with Gasteiger partial charge < -0.3 is 9.32 Å². The van der Waals surface area contributed by atoms with Crippen LogP contribution in [-0.4, -0.2) is 41.8 Å². The minimum Gasteiger partial charge on any atom is -0.447 e. The van der Waals surface area contributed by atoms with Crippen molar-refractivity contribution in [2.24, 2.45) is 0 Å². The van der Waals surface area contributed by atoms with E-state index in [1.54, 1.807) is 12.5 Å². The molecule has 0 spiro atoms. The van der Waals surface area contributed by atoms with Crippen LogP contribution in [0, 0.1) is 11.3 Å². The number of aromatic nitrogens is 1. The fourth-order valence-corrected chi connectivity index (χ4v) is 4.39. The van der Waals surface area contributed by atoms with Crippen LogP contribution in [0.1, 0.15) is 48.4 Å². The zero-order valence-corrected chi connectivity index (χ0v) is 18.4. The number of nitrogens with zero attached hydrogens (tertiary/aromatic N) is 4. The molecule has 3 aromatic rings. The van der Waals surface area contributed by atoms with Crippen molar-refractivity contribution in [3.8, 4) is 6.07 Å². The van der Waals surface area contributed by atoms with Gasteiger partial charge in [0.25, 0.3) is 0 Å². The van der Waals surface area contributed by atoms with E-state index in [2.05, 4.69) is 33.0 Å². The van der Waals surface area contributed by atoms with Crippen LogP contribution in [0.3, 0.4) is 0 Å². The number of hydrogen-bond donors (Lipinski definition) is 0. The zero-order chi connectivity index (χ0) is 22.3. The molecule has 1 fully saturated rings. The molecule has 1 unspecified atom stereocenters. The summed E-state index contributed by atoms with van der Waals surface area (Å²) in [7, 11) is 0. The van der Waals surface area contributed by atoms with E-state index < -0.39 is 0 Å². The number of Topliss-reactive ketones (excluding diaryl/α,β-unsaturated/α-hetero) is 1. The number of oxazole rings is 1. The van der Waals surface area contributed by atoms with Gasteiger partial charge >= 0.3 is 0 Å². The van der Waals surface area contributed by atoms with Crippen molar-refractivity contribution < 1.29 is 9.21 Å². The van der Waals surface area contributed by atoms with E-state index in [0.717, 1.165) is 49.4 Å². The number of anilines is 1. The summed E-state index contributed by atoms with van der Waals surface area (Å²) in [6, 6.07) is 18.4. The van der Waals surface area contributed by atoms with Gasteiger partial charge in [0.05, 0.1) is 17.4 Å². The van der Waals surface area contributed by atoms with Gasteiger partial charge in [-0.05, 0) is 29.7 Å². The number of ketones is 1. The van der Waals surface area contributed by atoms with E-state index in [9.17, 15) is 10.1 Å². The van der Waals surface area contributed by atoms with Crippen molar-refractivity contribution in [2.45, 2.75) is 32.2 Å². The first-order valence-electron chi connectivity index (χ1n) is 11.2. The predicted octanol–water partition coefficient (Wildman–Crippen LogP) is 4.37. The number of rotatable bonds is 8. The molecule has 164 valence electrons. The summed E-state index contributed by atoms with van der Waals surface area (Å²) in [6.45, 7) is 5.25. The third kappa shape index (κ3) is 4.90. The Morgan fingerprint density at radius 1 is 1.16 bits per heavy atom. The van der Waals surface area contributed by atoms with Crippen molar-refractivity contribution in [3.63, 3.8) is 0 Å². The fraction of sp³-hybridized carbons (Fsp3) is 0.346. The zero-order valence-electron chi connectivity index (χ0n) is 18.4. The molecule has 1 aromatic heterocycles. The number of hydrogen-bond acceptors (Lipinski definition) is 6.